The van der Waals surface area contributed by atoms with Crippen molar-refractivity contribution in [2.24, 2.45) is 10.3 Å². The van der Waals surface area contributed by atoms with E-state index < -0.39 is 12.1 Å². The zero-order chi connectivity index (χ0) is 16.8. The Labute approximate surface area is 143 Å². The number of nitrogens with zero attached hydrogens (tertiary/aromatic N) is 4. The summed E-state index contributed by atoms with van der Waals surface area (Å²) in [4.78, 5) is 26.7. The topological polar surface area (TPSA) is 65.3 Å². The summed E-state index contributed by atoms with van der Waals surface area (Å²) in [6.45, 7) is 1.95. The van der Waals surface area contributed by atoms with Crippen molar-refractivity contribution in [3.8, 4) is 0 Å². The molecule has 2 aliphatic rings. The van der Waals surface area contributed by atoms with Crippen LogP contribution in [0.25, 0.3) is 0 Å². The van der Waals surface area contributed by atoms with Gasteiger partial charge in [0.25, 0.3) is 11.8 Å². The predicted octanol–water partition coefficient (Wildman–Crippen LogP) is 3.15. The fourth-order valence-corrected chi connectivity index (χ4v) is 3.20. The van der Waals surface area contributed by atoms with Gasteiger partial charge < -0.3 is 0 Å². The summed E-state index contributed by atoms with van der Waals surface area (Å²) in [5.41, 5.74) is 2.22. The van der Waals surface area contributed by atoms with Crippen molar-refractivity contribution in [1.29, 1.82) is 0 Å². The molecule has 120 valence electrons. The number of imide groups is 1. The highest BCUT2D eigenvalue weighted by atomic mass is 35.5. The van der Waals surface area contributed by atoms with Crippen LogP contribution >= 0.6 is 11.6 Å². The van der Waals surface area contributed by atoms with Gasteiger partial charge in [0.2, 0.25) is 0 Å². The molecule has 6 nitrogen and oxygen atoms in total. The first kappa shape index (κ1) is 14.8. The molecule has 0 spiro atoms. The van der Waals surface area contributed by atoms with Crippen LogP contribution in [0.2, 0.25) is 5.02 Å². The number of rotatable bonds is 2. The maximum Gasteiger partial charge on any atom is 0.263 e. The van der Waals surface area contributed by atoms with Crippen molar-refractivity contribution >= 4 is 34.8 Å². The molecule has 7 heteroatoms. The maximum atomic E-state index is 12.9. The van der Waals surface area contributed by atoms with E-state index in [9.17, 15) is 9.59 Å². The monoisotopic (exact) mass is 340 g/mol. The number of halogens is 1. The van der Waals surface area contributed by atoms with Gasteiger partial charge in [0.05, 0.1) is 11.4 Å². The van der Waals surface area contributed by atoms with Crippen LogP contribution in [-0.2, 0) is 9.59 Å². The number of carbonyl (C=O) groups is 2. The molecule has 0 aliphatic carbocycles. The lowest BCUT2D eigenvalue weighted by molar-refractivity contribution is -0.121. The minimum Gasteiger partial charge on any atom is -0.271 e. The highest BCUT2D eigenvalue weighted by Gasteiger charge is 2.55. The molecule has 2 aromatic carbocycles. The molecule has 0 aromatic heterocycles. The van der Waals surface area contributed by atoms with Crippen LogP contribution in [-0.4, -0.2) is 23.9 Å². The van der Waals surface area contributed by atoms with Gasteiger partial charge in [-0.25, -0.2) is 9.91 Å². The van der Waals surface area contributed by atoms with E-state index in [-0.39, 0.29) is 11.8 Å². The first-order chi connectivity index (χ1) is 11.6. The van der Waals surface area contributed by atoms with E-state index in [1.165, 1.54) is 5.01 Å². The fourth-order valence-electron chi connectivity index (χ4n) is 3.01. The van der Waals surface area contributed by atoms with Crippen molar-refractivity contribution < 1.29 is 9.59 Å². The highest BCUT2D eigenvalue weighted by molar-refractivity contribution is 6.31. The van der Waals surface area contributed by atoms with Gasteiger partial charge in [-0.1, -0.05) is 35.0 Å². The largest absolute Gasteiger partial charge is 0.271 e. The zero-order valence-corrected chi connectivity index (χ0v) is 13.5. The number of amides is 2. The Balaban J connectivity index is 1.72. The third kappa shape index (κ3) is 2.18. The average Bonchev–Trinajstić information content (AvgIpc) is 3.08. The molecule has 0 N–H and O–H groups in total. The summed E-state index contributed by atoms with van der Waals surface area (Å²) in [6.07, 6.45) is 0. The lowest BCUT2D eigenvalue weighted by Crippen LogP contribution is -2.39. The molecule has 0 radical (unpaired) electrons. The minimum atomic E-state index is -0.822. The molecule has 2 heterocycles. The first-order valence-electron chi connectivity index (χ1n) is 7.46. The van der Waals surface area contributed by atoms with Gasteiger partial charge in [-0.2, -0.15) is 5.11 Å². The molecule has 1 fully saturated rings. The summed E-state index contributed by atoms with van der Waals surface area (Å²) >= 11 is 5.98. The third-order valence-corrected chi connectivity index (χ3v) is 4.35. The zero-order valence-electron chi connectivity index (χ0n) is 12.8. The normalized spacial score (nSPS) is 22.4. The number of hydrogen-bond donors (Lipinski definition) is 0. The van der Waals surface area contributed by atoms with E-state index in [2.05, 4.69) is 10.3 Å². The Hall–Kier alpha value is -2.73. The van der Waals surface area contributed by atoms with Gasteiger partial charge >= 0.3 is 0 Å². The van der Waals surface area contributed by atoms with Crippen LogP contribution in [0.1, 0.15) is 5.56 Å². The molecule has 24 heavy (non-hydrogen) atoms. The van der Waals surface area contributed by atoms with Gasteiger partial charge in [0.15, 0.2) is 12.1 Å². The molecule has 0 unspecified atom stereocenters. The number of benzene rings is 2. The van der Waals surface area contributed by atoms with Crippen molar-refractivity contribution in [3.63, 3.8) is 0 Å². The Morgan fingerprint density at radius 3 is 2.50 bits per heavy atom. The van der Waals surface area contributed by atoms with E-state index in [4.69, 9.17) is 11.6 Å². The standard InChI is InChI=1S/C17H13ClN4O2/c1-10-4-2-7-13(8-10)22-15-14(19-20-22)16(23)21(17(15)24)12-6-3-5-11(18)9-12/h2-9,14-15H,1H3/t14-,15+/m1/s1. The Morgan fingerprint density at radius 1 is 1.00 bits per heavy atom. The smallest absolute Gasteiger partial charge is 0.263 e. The molecule has 4 rings (SSSR count). The molecule has 0 saturated carbocycles. The van der Waals surface area contributed by atoms with Crippen LogP contribution in [0.3, 0.4) is 0 Å². The van der Waals surface area contributed by atoms with Crippen molar-refractivity contribution in [2.45, 2.75) is 19.0 Å². The molecule has 2 amide bonds. The summed E-state index contributed by atoms with van der Waals surface area (Å²) in [6, 6.07) is 12.7. The van der Waals surface area contributed by atoms with E-state index in [1.54, 1.807) is 24.3 Å². The summed E-state index contributed by atoms with van der Waals surface area (Å²) < 4.78 is 0. The SMILES string of the molecule is Cc1cccc(N2N=N[C@H]3C(=O)N(c4cccc(Cl)c4)C(=O)[C@H]32)c1. The van der Waals surface area contributed by atoms with Gasteiger partial charge in [0.1, 0.15) is 0 Å². The Kier molecular flexibility index (Phi) is 3.35. The lowest BCUT2D eigenvalue weighted by atomic mass is 10.1. The number of carbonyl (C=O) groups excluding carboxylic acids is 2. The van der Waals surface area contributed by atoms with Crippen LogP contribution in [0.4, 0.5) is 11.4 Å². The number of hydrogen-bond acceptors (Lipinski definition) is 5. The Bertz CT molecular complexity index is 882. The molecular formula is C17H13ClN4O2. The van der Waals surface area contributed by atoms with Crippen LogP contribution in [0.5, 0.6) is 0 Å². The van der Waals surface area contributed by atoms with Gasteiger partial charge in [-0.15, -0.1) is 0 Å². The number of anilines is 2. The minimum absolute atomic E-state index is 0.348. The Morgan fingerprint density at radius 2 is 1.75 bits per heavy atom. The van der Waals surface area contributed by atoms with Gasteiger partial charge in [0, 0.05) is 5.02 Å². The second-order valence-electron chi connectivity index (χ2n) is 5.77. The van der Waals surface area contributed by atoms with Crippen LogP contribution in [0, 0.1) is 6.92 Å². The number of fused-ring (bicyclic) bond motifs is 1. The summed E-state index contributed by atoms with van der Waals surface area (Å²) in [5, 5.41) is 10.0. The summed E-state index contributed by atoms with van der Waals surface area (Å²) in [5.74, 6) is -0.732. The van der Waals surface area contributed by atoms with Gasteiger partial charge in [-0.3, -0.25) is 9.59 Å². The molecule has 1 saturated heterocycles. The fraction of sp³-hybridized carbons (Fsp3) is 0.176. The second-order valence-corrected chi connectivity index (χ2v) is 6.21. The molecule has 2 atom stereocenters. The van der Waals surface area contributed by atoms with Gasteiger partial charge in [-0.05, 0) is 42.8 Å². The van der Waals surface area contributed by atoms with Crippen molar-refractivity contribution in [1.82, 2.24) is 0 Å². The molecular weight excluding hydrogens is 328 g/mol. The summed E-state index contributed by atoms with van der Waals surface area (Å²) in [7, 11) is 0. The molecule has 2 aromatic rings. The van der Waals surface area contributed by atoms with E-state index >= 15 is 0 Å². The van der Waals surface area contributed by atoms with Crippen LogP contribution in [0.15, 0.2) is 58.9 Å². The predicted molar refractivity (Wildman–Crippen MR) is 90.0 cm³/mol. The van der Waals surface area contributed by atoms with E-state index in [0.717, 1.165) is 16.2 Å². The van der Waals surface area contributed by atoms with E-state index in [0.29, 0.717) is 10.7 Å². The molecule has 0 bridgehead atoms. The highest BCUT2D eigenvalue weighted by Crippen LogP contribution is 2.35. The number of aryl methyl sites for hydroxylation is 1. The lowest BCUT2D eigenvalue weighted by Gasteiger charge is -2.21. The maximum absolute atomic E-state index is 12.9. The second kappa shape index (κ2) is 5.42. The average molecular weight is 341 g/mol. The van der Waals surface area contributed by atoms with Crippen molar-refractivity contribution in [3.05, 3.63) is 59.1 Å². The quantitative estimate of drug-likeness (QED) is 0.789. The van der Waals surface area contributed by atoms with Crippen LogP contribution < -0.4 is 9.91 Å². The third-order valence-electron chi connectivity index (χ3n) is 4.11. The van der Waals surface area contributed by atoms with E-state index in [1.807, 2.05) is 31.2 Å². The first-order valence-corrected chi connectivity index (χ1v) is 7.84. The molecule has 2 aliphatic heterocycles. The van der Waals surface area contributed by atoms with Crippen molar-refractivity contribution in [2.75, 3.05) is 9.91 Å².